The lowest BCUT2D eigenvalue weighted by Crippen LogP contribution is -2.06. The van der Waals surface area contributed by atoms with Gasteiger partial charge >= 0.3 is 0 Å². The van der Waals surface area contributed by atoms with Crippen LogP contribution in [-0.4, -0.2) is 13.4 Å². The lowest BCUT2D eigenvalue weighted by molar-refractivity contribution is 0.307. The third-order valence-electron chi connectivity index (χ3n) is 3.04. The van der Waals surface area contributed by atoms with Crippen molar-refractivity contribution in [2.75, 3.05) is 0 Å². The van der Waals surface area contributed by atoms with E-state index >= 15 is 0 Å². The van der Waals surface area contributed by atoms with Crippen LogP contribution >= 0.6 is 22.9 Å². The topological polar surface area (TPSA) is 56.3 Å². The fourth-order valence-electron chi connectivity index (χ4n) is 1.91. The van der Waals surface area contributed by atoms with Gasteiger partial charge < -0.3 is 0 Å². The molecule has 0 aliphatic rings. The van der Waals surface area contributed by atoms with E-state index in [1.165, 1.54) is 23.5 Å². The first-order valence-corrected chi connectivity index (χ1v) is 9.05. The average Bonchev–Trinajstić information content (AvgIpc) is 2.88. The number of rotatable bonds is 4. The van der Waals surface area contributed by atoms with E-state index in [1.807, 2.05) is 13.0 Å². The molecule has 0 amide bonds. The lowest BCUT2D eigenvalue weighted by Gasteiger charge is -2.04. The van der Waals surface area contributed by atoms with Crippen molar-refractivity contribution < 1.29 is 12.6 Å². The van der Waals surface area contributed by atoms with E-state index in [2.05, 4.69) is 4.98 Å². The van der Waals surface area contributed by atoms with E-state index in [-0.39, 0.29) is 11.5 Å². The molecule has 1 aromatic heterocycles. The SMILES string of the molecule is Cc1ccc(S(=O)(=O)OCc2nc3cc(Cl)ccc3s2)cc1. The quantitative estimate of drug-likeness (QED) is 0.661. The summed E-state index contributed by atoms with van der Waals surface area (Å²) in [5.41, 5.74) is 1.73. The van der Waals surface area contributed by atoms with Crippen molar-refractivity contribution in [3.8, 4) is 0 Å². The van der Waals surface area contributed by atoms with E-state index < -0.39 is 10.1 Å². The predicted octanol–water partition coefficient (Wildman–Crippen LogP) is 4.16. The molecule has 2 aromatic carbocycles. The molecule has 0 bridgehead atoms. The van der Waals surface area contributed by atoms with Gasteiger partial charge in [0.15, 0.2) is 0 Å². The van der Waals surface area contributed by atoms with Gasteiger partial charge in [0.1, 0.15) is 11.6 Å². The van der Waals surface area contributed by atoms with Gasteiger partial charge in [-0.1, -0.05) is 29.3 Å². The Morgan fingerprint density at radius 1 is 1.18 bits per heavy atom. The van der Waals surface area contributed by atoms with Gasteiger partial charge in [0, 0.05) is 5.02 Å². The molecule has 0 radical (unpaired) electrons. The number of fused-ring (bicyclic) bond motifs is 1. The zero-order valence-electron chi connectivity index (χ0n) is 11.6. The van der Waals surface area contributed by atoms with Gasteiger partial charge in [-0.05, 0) is 37.3 Å². The molecule has 0 saturated carbocycles. The molecule has 22 heavy (non-hydrogen) atoms. The molecule has 3 aromatic rings. The second-order valence-electron chi connectivity index (χ2n) is 4.75. The van der Waals surface area contributed by atoms with E-state index in [0.29, 0.717) is 10.0 Å². The van der Waals surface area contributed by atoms with Crippen LogP contribution in [0, 0.1) is 6.92 Å². The Morgan fingerprint density at radius 3 is 2.64 bits per heavy atom. The van der Waals surface area contributed by atoms with Gasteiger partial charge in [0.2, 0.25) is 0 Å². The first kappa shape index (κ1) is 15.4. The Kier molecular flexibility index (Phi) is 4.18. The largest absolute Gasteiger partial charge is 0.297 e. The maximum Gasteiger partial charge on any atom is 0.297 e. The molecule has 0 aliphatic carbocycles. The Labute approximate surface area is 137 Å². The van der Waals surface area contributed by atoms with Crippen LogP contribution in [0.1, 0.15) is 10.6 Å². The van der Waals surface area contributed by atoms with Crippen molar-refractivity contribution in [3.63, 3.8) is 0 Å². The summed E-state index contributed by atoms with van der Waals surface area (Å²) in [6.07, 6.45) is 0. The molecule has 0 spiro atoms. The maximum absolute atomic E-state index is 12.1. The van der Waals surface area contributed by atoms with Gasteiger partial charge in [-0.3, -0.25) is 4.18 Å². The van der Waals surface area contributed by atoms with Crippen molar-refractivity contribution >= 4 is 43.3 Å². The number of hydrogen-bond acceptors (Lipinski definition) is 5. The molecule has 0 aliphatic heterocycles. The molecule has 1 heterocycles. The predicted molar refractivity (Wildman–Crippen MR) is 87.8 cm³/mol. The third-order valence-corrected chi connectivity index (χ3v) is 5.56. The lowest BCUT2D eigenvalue weighted by atomic mass is 10.2. The highest BCUT2D eigenvalue weighted by molar-refractivity contribution is 7.86. The summed E-state index contributed by atoms with van der Waals surface area (Å²) < 4.78 is 30.3. The highest BCUT2D eigenvalue weighted by atomic mass is 35.5. The summed E-state index contributed by atoms with van der Waals surface area (Å²) in [7, 11) is -3.78. The Bertz CT molecular complexity index is 918. The number of benzene rings is 2. The number of hydrogen-bond donors (Lipinski definition) is 0. The Hall–Kier alpha value is -1.47. The molecule has 4 nitrogen and oxygen atoms in total. The molecular formula is C15H12ClNO3S2. The Balaban J connectivity index is 1.79. The molecular weight excluding hydrogens is 342 g/mol. The third kappa shape index (κ3) is 3.30. The van der Waals surface area contributed by atoms with Crippen LogP contribution < -0.4 is 0 Å². The number of aryl methyl sites for hydroxylation is 1. The monoisotopic (exact) mass is 353 g/mol. The van der Waals surface area contributed by atoms with Gasteiger partial charge in [0.25, 0.3) is 10.1 Å². The van der Waals surface area contributed by atoms with Crippen LogP contribution in [-0.2, 0) is 20.9 Å². The first-order chi connectivity index (χ1) is 10.4. The molecule has 0 unspecified atom stereocenters. The maximum atomic E-state index is 12.1. The zero-order valence-corrected chi connectivity index (χ0v) is 14.0. The summed E-state index contributed by atoms with van der Waals surface area (Å²) in [5, 5.41) is 1.19. The highest BCUT2D eigenvalue weighted by Crippen LogP contribution is 2.26. The molecule has 0 fully saturated rings. The van der Waals surface area contributed by atoms with Gasteiger partial charge in [-0.2, -0.15) is 8.42 Å². The molecule has 3 rings (SSSR count). The minimum absolute atomic E-state index is 0.0901. The van der Waals surface area contributed by atoms with Gasteiger partial charge in [0.05, 0.1) is 15.1 Å². The fraction of sp³-hybridized carbons (Fsp3) is 0.133. The van der Waals surface area contributed by atoms with Crippen LogP contribution in [0.3, 0.4) is 0 Å². The van der Waals surface area contributed by atoms with E-state index in [0.717, 1.165) is 15.8 Å². The van der Waals surface area contributed by atoms with Gasteiger partial charge in [-0.25, -0.2) is 4.98 Å². The molecule has 7 heteroatoms. The van der Waals surface area contributed by atoms with Crippen molar-refractivity contribution in [1.29, 1.82) is 0 Å². The van der Waals surface area contributed by atoms with E-state index in [9.17, 15) is 8.42 Å². The normalized spacial score (nSPS) is 11.9. The van der Waals surface area contributed by atoms with Crippen LogP contribution in [0.25, 0.3) is 10.2 Å². The highest BCUT2D eigenvalue weighted by Gasteiger charge is 2.16. The van der Waals surface area contributed by atoms with Crippen molar-refractivity contribution in [2.45, 2.75) is 18.4 Å². The number of aromatic nitrogens is 1. The minimum atomic E-state index is -3.78. The number of thiazole rings is 1. The van der Waals surface area contributed by atoms with Crippen LogP contribution in [0.2, 0.25) is 5.02 Å². The molecule has 0 atom stereocenters. The summed E-state index contributed by atoms with van der Waals surface area (Å²) in [5.74, 6) is 0. The van der Waals surface area contributed by atoms with E-state index in [1.54, 1.807) is 24.3 Å². The average molecular weight is 354 g/mol. The summed E-state index contributed by atoms with van der Waals surface area (Å²) in [6, 6.07) is 11.9. The van der Waals surface area contributed by atoms with Crippen LogP contribution in [0.15, 0.2) is 47.4 Å². The molecule has 0 saturated heterocycles. The van der Waals surface area contributed by atoms with Gasteiger partial charge in [-0.15, -0.1) is 11.3 Å². The van der Waals surface area contributed by atoms with Crippen molar-refractivity contribution in [3.05, 3.63) is 58.1 Å². The minimum Gasteiger partial charge on any atom is -0.259 e. The number of halogens is 1. The van der Waals surface area contributed by atoms with Crippen molar-refractivity contribution in [1.82, 2.24) is 4.98 Å². The van der Waals surface area contributed by atoms with Crippen molar-refractivity contribution in [2.24, 2.45) is 0 Å². The van der Waals surface area contributed by atoms with E-state index in [4.69, 9.17) is 15.8 Å². The Morgan fingerprint density at radius 2 is 1.91 bits per heavy atom. The van der Waals surface area contributed by atoms with Crippen LogP contribution in [0.4, 0.5) is 0 Å². The van der Waals surface area contributed by atoms with Crippen LogP contribution in [0.5, 0.6) is 0 Å². The second kappa shape index (κ2) is 5.96. The summed E-state index contributed by atoms with van der Waals surface area (Å²) in [4.78, 5) is 4.47. The number of nitrogens with zero attached hydrogens (tertiary/aromatic N) is 1. The second-order valence-corrected chi connectivity index (χ2v) is 7.92. The summed E-state index contributed by atoms with van der Waals surface area (Å²) in [6.45, 7) is 1.80. The molecule has 114 valence electrons. The zero-order chi connectivity index (χ0) is 15.7. The standard InChI is InChI=1S/C15H12ClNO3S2/c1-10-2-5-12(6-3-10)22(18,19)20-9-15-17-13-8-11(16)4-7-14(13)21-15/h2-8H,9H2,1H3. The molecule has 0 N–H and O–H groups in total. The summed E-state index contributed by atoms with van der Waals surface area (Å²) >= 11 is 7.29. The first-order valence-electron chi connectivity index (χ1n) is 6.45. The smallest absolute Gasteiger partial charge is 0.259 e. The fourth-order valence-corrected chi connectivity index (χ4v) is 3.89.